The zero-order chi connectivity index (χ0) is 12.0. The molecule has 1 heterocycles. The van der Waals surface area contributed by atoms with Crippen molar-refractivity contribution in [1.82, 2.24) is 4.98 Å². The van der Waals surface area contributed by atoms with Gasteiger partial charge in [-0.3, -0.25) is 9.78 Å². The summed E-state index contributed by atoms with van der Waals surface area (Å²) in [6, 6.07) is 3.86. The maximum absolute atomic E-state index is 11.1. The van der Waals surface area contributed by atoms with E-state index < -0.39 is 0 Å². The molecule has 0 aromatic carbocycles. The number of nitrogens with one attached hydrogen (secondary N) is 1. The highest BCUT2D eigenvalue weighted by Gasteiger charge is 2.03. The molecular weight excluding hydrogens is 200 g/mol. The van der Waals surface area contributed by atoms with E-state index in [2.05, 4.69) is 23.8 Å². The smallest absolute Gasteiger partial charge is 0.247 e. The summed E-state index contributed by atoms with van der Waals surface area (Å²) in [4.78, 5) is 15.6. The molecule has 0 bridgehead atoms. The standard InChI is InChI=1S/C13H18N2O/c1-4-6-7-11-8-9-12(10(3)14-11)15-13(16)5-2/h5,8-9H,2,4,6-7H2,1,3H3,(H,15,16). The molecule has 0 aliphatic carbocycles. The van der Waals surface area contributed by atoms with Crippen LogP contribution in [-0.2, 0) is 11.2 Å². The summed E-state index contributed by atoms with van der Waals surface area (Å²) in [5, 5.41) is 2.72. The predicted molar refractivity (Wildman–Crippen MR) is 66.4 cm³/mol. The first-order chi connectivity index (χ1) is 7.67. The highest BCUT2D eigenvalue weighted by Crippen LogP contribution is 2.14. The van der Waals surface area contributed by atoms with Crippen LogP contribution in [0.25, 0.3) is 0 Å². The Morgan fingerprint density at radius 3 is 2.88 bits per heavy atom. The van der Waals surface area contributed by atoms with E-state index in [0.29, 0.717) is 0 Å². The number of anilines is 1. The molecule has 0 saturated carbocycles. The van der Waals surface area contributed by atoms with Crippen molar-refractivity contribution < 1.29 is 4.79 Å². The van der Waals surface area contributed by atoms with E-state index in [1.807, 2.05) is 19.1 Å². The van der Waals surface area contributed by atoms with Crippen LogP contribution in [0.15, 0.2) is 24.8 Å². The lowest BCUT2D eigenvalue weighted by atomic mass is 10.1. The summed E-state index contributed by atoms with van der Waals surface area (Å²) in [6.07, 6.45) is 4.55. The highest BCUT2D eigenvalue weighted by atomic mass is 16.1. The van der Waals surface area contributed by atoms with E-state index in [1.165, 1.54) is 6.08 Å². The monoisotopic (exact) mass is 218 g/mol. The van der Waals surface area contributed by atoms with Gasteiger partial charge in [-0.15, -0.1) is 0 Å². The topological polar surface area (TPSA) is 42.0 Å². The quantitative estimate of drug-likeness (QED) is 0.772. The lowest BCUT2D eigenvalue weighted by Gasteiger charge is -2.07. The first kappa shape index (κ1) is 12.4. The highest BCUT2D eigenvalue weighted by molar-refractivity contribution is 5.99. The molecule has 1 rings (SSSR count). The Morgan fingerprint density at radius 2 is 2.31 bits per heavy atom. The number of nitrogens with zero attached hydrogens (tertiary/aromatic N) is 1. The van der Waals surface area contributed by atoms with Crippen molar-refractivity contribution in [1.29, 1.82) is 0 Å². The molecule has 0 fully saturated rings. The van der Waals surface area contributed by atoms with Gasteiger partial charge in [-0.1, -0.05) is 19.9 Å². The third kappa shape index (κ3) is 3.50. The van der Waals surface area contributed by atoms with Gasteiger partial charge in [0.2, 0.25) is 5.91 Å². The summed E-state index contributed by atoms with van der Waals surface area (Å²) in [5.74, 6) is -0.203. The van der Waals surface area contributed by atoms with E-state index in [-0.39, 0.29) is 5.91 Å². The molecule has 1 aromatic heterocycles. The first-order valence-electron chi connectivity index (χ1n) is 5.57. The average molecular weight is 218 g/mol. The van der Waals surface area contributed by atoms with Crippen LogP contribution in [0.2, 0.25) is 0 Å². The van der Waals surface area contributed by atoms with Crippen LogP contribution in [0.1, 0.15) is 31.2 Å². The van der Waals surface area contributed by atoms with E-state index in [0.717, 1.165) is 36.3 Å². The molecule has 0 radical (unpaired) electrons. The number of aromatic nitrogens is 1. The van der Waals surface area contributed by atoms with Crippen molar-refractivity contribution in [3.05, 3.63) is 36.2 Å². The maximum atomic E-state index is 11.1. The second-order valence-electron chi connectivity index (χ2n) is 3.73. The van der Waals surface area contributed by atoms with Gasteiger partial charge < -0.3 is 5.32 Å². The van der Waals surface area contributed by atoms with E-state index in [4.69, 9.17) is 0 Å². The van der Waals surface area contributed by atoms with Crippen molar-refractivity contribution in [2.45, 2.75) is 33.1 Å². The zero-order valence-corrected chi connectivity index (χ0v) is 9.92. The Hall–Kier alpha value is -1.64. The fraction of sp³-hybridized carbons (Fsp3) is 0.385. The fourth-order valence-corrected chi connectivity index (χ4v) is 1.43. The van der Waals surface area contributed by atoms with Crippen LogP contribution in [-0.4, -0.2) is 10.9 Å². The van der Waals surface area contributed by atoms with Crippen LogP contribution in [0, 0.1) is 6.92 Å². The van der Waals surface area contributed by atoms with E-state index in [1.54, 1.807) is 0 Å². The second-order valence-corrected chi connectivity index (χ2v) is 3.73. The van der Waals surface area contributed by atoms with Gasteiger partial charge in [-0.25, -0.2) is 0 Å². The molecule has 86 valence electrons. The van der Waals surface area contributed by atoms with E-state index in [9.17, 15) is 4.79 Å². The number of amides is 1. The SMILES string of the molecule is C=CC(=O)Nc1ccc(CCCC)nc1C. The van der Waals surface area contributed by atoms with Gasteiger partial charge in [0, 0.05) is 5.69 Å². The minimum atomic E-state index is -0.203. The Labute approximate surface area is 96.6 Å². The Balaban J connectivity index is 2.74. The molecule has 1 amide bonds. The molecule has 3 nitrogen and oxygen atoms in total. The molecule has 0 spiro atoms. The summed E-state index contributed by atoms with van der Waals surface area (Å²) in [5.41, 5.74) is 2.69. The number of carbonyl (C=O) groups excluding carboxylic acids is 1. The maximum Gasteiger partial charge on any atom is 0.247 e. The van der Waals surface area contributed by atoms with Gasteiger partial charge in [0.05, 0.1) is 11.4 Å². The van der Waals surface area contributed by atoms with Crippen LogP contribution in [0.5, 0.6) is 0 Å². The second kappa shape index (κ2) is 6.05. The summed E-state index contributed by atoms with van der Waals surface area (Å²) < 4.78 is 0. The number of hydrogen-bond donors (Lipinski definition) is 1. The van der Waals surface area contributed by atoms with Crippen LogP contribution in [0.3, 0.4) is 0 Å². The minimum Gasteiger partial charge on any atom is -0.321 e. The summed E-state index contributed by atoms with van der Waals surface area (Å²) in [7, 11) is 0. The molecule has 0 unspecified atom stereocenters. The van der Waals surface area contributed by atoms with Crippen molar-refractivity contribution in [2.75, 3.05) is 5.32 Å². The molecule has 1 N–H and O–H groups in total. The number of carbonyl (C=O) groups is 1. The molecule has 1 aromatic rings. The van der Waals surface area contributed by atoms with Gasteiger partial charge in [-0.2, -0.15) is 0 Å². The Bertz CT molecular complexity index is 386. The van der Waals surface area contributed by atoms with Gasteiger partial charge in [0.25, 0.3) is 0 Å². The van der Waals surface area contributed by atoms with Crippen LogP contribution < -0.4 is 5.32 Å². The lowest BCUT2D eigenvalue weighted by Crippen LogP contribution is -2.09. The average Bonchev–Trinajstić information content (AvgIpc) is 2.29. The fourth-order valence-electron chi connectivity index (χ4n) is 1.43. The molecule has 16 heavy (non-hydrogen) atoms. The number of aryl methyl sites for hydroxylation is 2. The lowest BCUT2D eigenvalue weighted by molar-refractivity contribution is -0.111. The largest absolute Gasteiger partial charge is 0.321 e. The normalized spacial score (nSPS) is 9.88. The molecule has 0 aliphatic rings. The molecule has 3 heteroatoms. The Morgan fingerprint density at radius 1 is 1.56 bits per heavy atom. The van der Waals surface area contributed by atoms with Gasteiger partial charge in [0.15, 0.2) is 0 Å². The predicted octanol–water partition coefficient (Wildman–Crippen LogP) is 2.86. The zero-order valence-electron chi connectivity index (χ0n) is 9.92. The number of hydrogen-bond acceptors (Lipinski definition) is 2. The van der Waals surface area contributed by atoms with Gasteiger partial charge >= 0.3 is 0 Å². The summed E-state index contributed by atoms with van der Waals surface area (Å²) in [6.45, 7) is 7.47. The molecule has 0 saturated heterocycles. The minimum absolute atomic E-state index is 0.203. The van der Waals surface area contributed by atoms with Gasteiger partial charge in [0.1, 0.15) is 0 Å². The van der Waals surface area contributed by atoms with Crippen molar-refractivity contribution >= 4 is 11.6 Å². The molecular formula is C13H18N2O. The first-order valence-corrected chi connectivity index (χ1v) is 5.57. The summed E-state index contributed by atoms with van der Waals surface area (Å²) >= 11 is 0. The number of rotatable bonds is 5. The third-order valence-corrected chi connectivity index (χ3v) is 2.37. The third-order valence-electron chi connectivity index (χ3n) is 2.37. The van der Waals surface area contributed by atoms with Crippen molar-refractivity contribution in [2.24, 2.45) is 0 Å². The molecule has 0 atom stereocenters. The Kier molecular flexibility index (Phi) is 4.70. The molecule has 0 aliphatic heterocycles. The van der Waals surface area contributed by atoms with Gasteiger partial charge in [-0.05, 0) is 38.0 Å². The van der Waals surface area contributed by atoms with Crippen LogP contribution in [0.4, 0.5) is 5.69 Å². The van der Waals surface area contributed by atoms with Crippen LogP contribution >= 0.6 is 0 Å². The van der Waals surface area contributed by atoms with Crippen molar-refractivity contribution in [3.63, 3.8) is 0 Å². The van der Waals surface area contributed by atoms with E-state index >= 15 is 0 Å². The number of pyridine rings is 1. The van der Waals surface area contributed by atoms with Crippen molar-refractivity contribution in [3.8, 4) is 0 Å². The number of unbranched alkanes of at least 4 members (excludes halogenated alkanes) is 1.